The molecule has 0 spiro atoms. The van der Waals surface area contributed by atoms with Gasteiger partial charge in [0, 0.05) is 5.41 Å². The van der Waals surface area contributed by atoms with Crippen molar-refractivity contribution in [1.82, 2.24) is 15.5 Å². The molecule has 134 valence electrons. The van der Waals surface area contributed by atoms with Gasteiger partial charge in [-0.05, 0) is 18.1 Å². The molecule has 0 saturated carbocycles. The highest BCUT2D eigenvalue weighted by atomic mass is 16.5. The summed E-state index contributed by atoms with van der Waals surface area (Å²) in [7, 11) is 1.61. The highest BCUT2D eigenvalue weighted by molar-refractivity contribution is 5.79. The van der Waals surface area contributed by atoms with Crippen molar-refractivity contribution in [3.05, 3.63) is 35.5 Å². The van der Waals surface area contributed by atoms with Gasteiger partial charge in [-0.15, -0.1) is 0 Å². The maximum atomic E-state index is 12.4. The largest absolute Gasteiger partial charge is 0.493 e. The second-order valence-electron chi connectivity index (χ2n) is 7.14. The van der Waals surface area contributed by atoms with Crippen molar-refractivity contribution in [2.24, 2.45) is 5.92 Å². The minimum absolute atomic E-state index is 0.0935. The molecule has 3 rings (SSSR count). The van der Waals surface area contributed by atoms with Gasteiger partial charge in [0.2, 0.25) is 11.8 Å². The number of hydrogen-bond acceptors (Lipinski definition) is 6. The van der Waals surface area contributed by atoms with Gasteiger partial charge in [-0.1, -0.05) is 38.1 Å². The van der Waals surface area contributed by atoms with Crippen LogP contribution in [0, 0.1) is 5.92 Å². The van der Waals surface area contributed by atoms with Gasteiger partial charge in [-0.2, -0.15) is 4.98 Å². The maximum absolute atomic E-state index is 12.4. The zero-order valence-corrected chi connectivity index (χ0v) is 15.0. The van der Waals surface area contributed by atoms with Crippen LogP contribution < -0.4 is 14.8 Å². The Hall–Kier alpha value is -2.57. The van der Waals surface area contributed by atoms with E-state index < -0.39 is 0 Å². The van der Waals surface area contributed by atoms with Crippen LogP contribution in [0.15, 0.2) is 22.7 Å². The van der Waals surface area contributed by atoms with Gasteiger partial charge in [0.1, 0.15) is 6.61 Å². The quantitative estimate of drug-likeness (QED) is 0.914. The summed E-state index contributed by atoms with van der Waals surface area (Å²) in [6.45, 7) is 6.54. The van der Waals surface area contributed by atoms with Crippen LogP contribution in [-0.4, -0.2) is 29.8 Å². The Kier molecular flexibility index (Phi) is 4.65. The molecular weight excluding hydrogens is 322 g/mol. The number of amides is 1. The molecule has 1 aromatic carbocycles. The Morgan fingerprint density at radius 2 is 2.20 bits per heavy atom. The first-order chi connectivity index (χ1) is 11.9. The van der Waals surface area contributed by atoms with Crippen molar-refractivity contribution in [3.8, 4) is 11.5 Å². The van der Waals surface area contributed by atoms with Gasteiger partial charge in [0.15, 0.2) is 17.3 Å². The van der Waals surface area contributed by atoms with Crippen LogP contribution in [-0.2, 0) is 23.2 Å². The monoisotopic (exact) mass is 345 g/mol. The Morgan fingerprint density at radius 1 is 1.40 bits per heavy atom. The summed E-state index contributed by atoms with van der Waals surface area (Å²) < 4.78 is 16.2. The van der Waals surface area contributed by atoms with Crippen molar-refractivity contribution < 1.29 is 18.8 Å². The number of carbonyl (C=O) groups is 1. The topological polar surface area (TPSA) is 86.5 Å². The molecule has 2 aromatic rings. The van der Waals surface area contributed by atoms with Crippen molar-refractivity contribution in [2.75, 3.05) is 13.7 Å². The zero-order valence-electron chi connectivity index (χ0n) is 15.0. The molecule has 1 amide bonds. The van der Waals surface area contributed by atoms with Crippen LogP contribution in [0.1, 0.15) is 38.0 Å². The van der Waals surface area contributed by atoms with E-state index in [1.165, 1.54) is 0 Å². The predicted molar refractivity (Wildman–Crippen MR) is 90.5 cm³/mol. The first kappa shape index (κ1) is 17.3. The van der Waals surface area contributed by atoms with E-state index >= 15 is 0 Å². The zero-order chi connectivity index (χ0) is 18.0. The SMILES string of the molecule is COc1cccc2c1OCC(C(=O)NCc1nc(C(C)(C)C)no1)C2. The molecule has 1 N–H and O–H groups in total. The molecule has 1 aromatic heterocycles. The number of nitrogens with zero attached hydrogens (tertiary/aromatic N) is 2. The van der Waals surface area contributed by atoms with Crippen LogP contribution in [0.3, 0.4) is 0 Å². The number of carbonyl (C=O) groups excluding carboxylic acids is 1. The van der Waals surface area contributed by atoms with Crippen LogP contribution >= 0.6 is 0 Å². The maximum Gasteiger partial charge on any atom is 0.246 e. The Morgan fingerprint density at radius 3 is 2.88 bits per heavy atom. The molecule has 0 aliphatic carbocycles. The first-order valence-electron chi connectivity index (χ1n) is 8.28. The number of aromatic nitrogens is 2. The number of fused-ring (bicyclic) bond motifs is 1. The molecule has 1 unspecified atom stereocenters. The molecule has 7 nitrogen and oxygen atoms in total. The summed E-state index contributed by atoms with van der Waals surface area (Å²) in [6, 6.07) is 5.69. The van der Waals surface area contributed by atoms with E-state index in [-0.39, 0.29) is 23.8 Å². The number of ether oxygens (including phenoxy) is 2. The lowest BCUT2D eigenvalue weighted by molar-refractivity contribution is -0.126. The highest BCUT2D eigenvalue weighted by Gasteiger charge is 2.28. The van der Waals surface area contributed by atoms with Crippen LogP contribution in [0.5, 0.6) is 11.5 Å². The van der Waals surface area contributed by atoms with Crippen LogP contribution in [0.4, 0.5) is 0 Å². The molecule has 1 atom stereocenters. The number of rotatable bonds is 4. The predicted octanol–water partition coefficient (Wildman–Crippen LogP) is 2.24. The number of hydrogen-bond donors (Lipinski definition) is 1. The normalized spacial score (nSPS) is 16.7. The smallest absolute Gasteiger partial charge is 0.246 e. The average Bonchev–Trinajstić information content (AvgIpc) is 3.08. The van der Waals surface area contributed by atoms with E-state index in [0.717, 1.165) is 11.3 Å². The Balaban J connectivity index is 1.60. The van der Waals surface area contributed by atoms with Gasteiger partial charge >= 0.3 is 0 Å². The summed E-state index contributed by atoms with van der Waals surface area (Å²) in [4.78, 5) is 16.7. The van der Waals surface area contributed by atoms with Crippen molar-refractivity contribution in [2.45, 2.75) is 39.2 Å². The summed E-state index contributed by atoms with van der Waals surface area (Å²) >= 11 is 0. The van der Waals surface area contributed by atoms with E-state index in [4.69, 9.17) is 14.0 Å². The van der Waals surface area contributed by atoms with E-state index in [0.29, 0.717) is 30.5 Å². The fourth-order valence-electron chi connectivity index (χ4n) is 2.66. The molecule has 25 heavy (non-hydrogen) atoms. The summed E-state index contributed by atoms with van der Waals surface area (Å²) in [5.41, 5.74) is 0.782. The van der Waals surface area contributed by atoms with E-state index in [2.05, 4.69) is 15.5 Å². The molecule has 0 saturated heterocycles. The fourth-order valence-corrected chi connectivity index (χ4v) is 2.66. The van der Waals surface area contributed by atoms with Crippen LogP contribution in [0.25, 0.3) is 0 Å². The van der Waals surface area contributed by atoms with Crippen molar-refractivity contribution >= 4 is 5.91 Å². The minimum Gasteiger partial charge on any atom is -0.493 e. The summed E-state index contributed by atoms with van der Waals surface area (Å²) in [6.07, 6.45) is 0.607. The first-order valence-corrected chi connectivity index (χ1v) is 8.28. The average molecular weight is 345 g/mol. The van der Waals surface area contributed by atoms with Crippen LogP contribution in [0.2, 0.25) is 0 Å². The Labute approximate surface area is 146 Å². The molecule has 7 heteroatoms. The number of para-hydroxylation sites is 1. The van der Waals surface area contributed by atoms with Crippen molar-refractivity contribution in [1.29, 1.82) is 0 Å². The van der Waals surface area contributed by atoms with Gasteiger partial charge in [-0.3, -0.25) is 4.79 Å². The third-order valence-electron chi connectivity index (χ3n) is 4.10. The number of methoxy groups -OCH3 is 1. The molecule has 2 heterocycles. The van der Waals surface area contributed by atoms with E-state index in [9.17, 15) is 4.79 Å². The second-order valence-corrected chi connectivity index (χ2v) is 7.14. The fraction of sp³-hybridized carbons (Fsp3) is 0.500. The molecule has 0 bridgehead atoms. The van der Waals surface area contributed by atoms with Gasteiger partial charge in [0.25, 0.3) is 0 Å². The molecular formula is C18H23N3O4. The molecule has 1 aliphatic rings. The number of benzene rings is 1. The molecule has 1 aliphatic heterocycles. The van der Waals surface area contributed by atoms with E-state index in [1.807, 2.05) is 39.0 Å². The standard InChI is InChI=1S/C18H23N3O4/c1-18(2,3)17-20-14(25-21-17)9-19-16(22)12-8-11-6-5-7-13(23-4)15(11)24-10-12/h5-7,12H,8-10H2,1-4H3,(H,19,22). The minimum atomic E-state index is -0.260. The lowest BCUT2D eigenvalue weighted by Gasteiger charge is -2.25. The summed E-state index contributed by atoms with van der Waals surface area (Å²) in [5, 5.41) is 6.80. The summed E-state index contributed by atoms with van der Waals surface area (Å²) in [5.74, 6) is 2.09. The van der Waals surface area contributed by atoms with E-state index in [1.54, 1.807) is 7.11 Å². The van der Waals surface area contributed by atoms with Crippen molar-refractivity contribution in [3.63, 3.8) is 0 Å². The lowest BCUT2D eigenvalue weighted by atomic mass is 9.95. The van der Waals surface area contributed by atoms with Gasteiger partial charge in [-0.25, -0.2) is 0 Å². The molecule has 0 fully saturated rings. The molecule has 0 radical (unpaired) electrons. The Bertz CT molecular complexity index is 764. The third-order valence-corrected chi connectivity index (χ3v) is 4.10. The second kappa shape index (κ2) is 6.74. The highest BCUT2D eigenvalue weighted by Crippen LogP contribution is 2.36. The lowest BCUT2D eigenvalue weighted by Crippen LogP contribution is -2.37. The van der Waals surface area contributed by atoms with Gasteiger partial charge in [0.05, 0.1) is 19.6 Å². The third kappa shape index (κ3) is 3.75. The number of nitrogens with one attached hydrogen (secondary N) is 1. The van der Waals surface area contributed by atoms with Gasteiger partial charge < -0.3 is 19.3 Å².